The smallest absolute Gasteiger partial charge is 0.355 e. The van der Waals surface area contributed by atoms with Gasteiger partial charge in [-0.1, -0.05) is 23.2 Å². The Balaban J connectivity index is 1.60. The van der Waals surface area contributed by atoms with Crippen LogP contribution in [0.4, 0.5) is 30.4 Å². The van der Waals surface area contributed by atoms with Gasteiger partial charge in [-0.25, -0.2) is 4.98 Å². The number of halogens is 5. The van der Waals surface area contributed by atoms with E-state index in [0.717, 1.165) is 12.3 Å². The second-order valence-corrected chi connectivity index (χ2v) is 7.97. The summed E-state index contributed by atoms with van der Waals surface area (Å²) in [5, 5.41) is 5.60. The predicted octanol–water partition coefficient (Wildman–Crippen LogP) is 5.22. The fourth-order valence-electron chi connectivity index (χ4n) is 3.30. The zero-order valence-electron chi connectivity index (χ0n) is 16.4. The molecular weight excluding hydrogens is 456 g/mol. The van der Waals surface area contributed by atoms with E-state index in [-0.39, 0.29) is 33.6 Å². The molecule has 0 bridgehead atoms. The topological polar surface area (TPSA) is 74.3 Å². The van der Waals surface area contributed by atoms with E-state index >= 15 is 0 Å². The molecule has 2 amide bonds. The van der Waals surface area contributed by atoms with Crippen LogP contribution in [0.25, 0.3) is 0 Å². The first kappa shape index (κ1) is 23.1. The lowest BCUT2D eigenvalue weighted by Gasteiger charge is -2.32. The molecule has 2 heterocycles. The van der Waals surface area contributed by atoms with Crippen LogP contribution in [0.2, 0.25) is 10.0 Å². The predicted molar refractivity (Wildman–Crippen MR) is 114 cm³/mol. The van der Waals surface area contributed by atoms with Gasteiger partial charge in [-0.05, 0) is 37.1 Å². The molecule has 0 saturated carbocycles. The highest BCUT2D eigenvalue weighted by atomic mass is 35.5. The maximum atomic E-state index is 12.8. The molecule has 1 aliphatic heterocycles. The number of carbonyl (C=O) groups is 2. The van der Waals surface area contributed by atoms with Gasteiger partial charge in [0.05, 0.1) is 21.3 Å². The minimum Gasteiger partial charge on any atom is -0.355 e. The number of carbonyl (C=O) groups excluding carboxylic acids is 2. The standard InChI is InChI=1S/C20H19Cl2F3N4O2/c1-11(30)27-14-2-3-17(15(21)9-14)28-19(31)12-4-6-29(7-5-12)18-16(22)8-13(10-26-18)20(23,24)25/h2-3,8-10,12H,4-7H2,1H3,(H,27,30)(H,28,31). The van der Waals surface area contributed by atoms with Crippen LogP contribution in [0.5, 0.6) is 0 Å². The van der Waals surface area contributed by atoms with Crippen LogP contribution in [-0.2, 0) is 15.8 Å². The first-order valence-corrected chi connectivity index (χ1v) is 10.2. The van der Waals surface area contributed by atoms with Crippen LogP contribution in [0.3, 0.4) is 0 Å². The van der Waals surface area contributed by atoms with Crippen molar-refractivity contribution in [2.45, 2.75) is 25.9 Å². The van der Waals surface area contributed by atoms with E-state index < -0.39 is 11.7 Å². The molecule has 1 fully saturated rings. The zero-order chi connectivity index (χ0) is 22.8. The zero-order valence-corrected chi connectivity index (χ0v) is 17.9. The number of rotatable bonds is 4. The molecule has 0 unspecified atom stereocenters. The summed E-state index contributed by atoms with van der Waals surface area (Å²) in [5.74, 6) is -0.469. The Labute approximate surface area is 186 Å². The van der Waals surface area contributed by atoms with Crippen LogP contribution in [-0.4, -0.2) is 29.9 Å². The molecule has 2 N–H and O–H groups in total. The lowest BCUT2D eigenvalue weighted by Crippen LogP contribution is -2.38. The molecule has 6 nitrogen and oxygen atoms in total. The average molecular weight is 475 g/mol. The van der Waals surface area contributed by atoms with Crippen molar-refractivity contribution in [3.63, 3.8) is 0 Å². The van der Waals surface area contributed by atoms with Gasteiger partial charge < -0.3 is 15.5 Å². The molecule has 0 aliphatic carbocycles. The Bertz CT molecular complexity index is 993. The lowest BCUT2D eigenvalue weighted by molar-refractivity contribution is -0.137. The highest BCUT2D eigenvalue weighted by Crippen LogP contribution is 2.35. The van der Waals surface area contributed by atoms with Crippen molar-refractivity contribution in [2.24, 2.45) is 5.92 Å². The molecule has 166 valence electrons. The second kappa shape index (κ2) is 9.32. The molecule has 1 aromatic heterocycles. The molecule has 1 aromatic carbocycles. The third-order valence-electron chi connectivity index (χ3n) is 4.86. The van der Waals surface area contributed by atoms with Crippen molar-refractivity contribution in [3.8, 4) is 0 Å². The minimum atomic E-state index is -4.51. The summed E-state index contributed by atoms with van der Waals surface area (Å²) >= 11 is 12.2. The van der Waals surface area contributed by atoms with Gasteiger partial charge in [0.25, 0.3) is 0 Å². The fraction of sp³-hybridized carbons (Fsp3) is 0.350. The van der Waals surface area contributed by atoms with Gasteiger partial charge in [0.1, 0.15) is 5.82 Å². The van der Waals surface area contributed by atoms with E-state index in [1.54, 1.807) is 23.1 Å². The quantitative estimate of drug-likeness (QED) is 0.636. The first-order chi connectivity index (χ1) is 14.5. The van der Waals surface area contributed by atoms with Crippen molar-refractivity contribution in [1.82, 2.24) is 4.98 Å². The minimum absolute atomic E-state index is 0.0798. The molecule has 31 heavy (non-hydrogen) atoms. The van der Waals surface area contributed by atoms with E-state index in [4.69, 9.17) is 23.2 Å². The molecule has 0 atom stereocenters. The van der Waals surface area contributed by atoms with Crippen LogP contribution in [0.15, 0.2) is 30.5 Å². The Kier molecular flexibility index (Phi) is 6.96. The van der Waals surface area contributed by atoms with Gasteiger partial charge in [0.2, 0.25) is 11.8 Å². The first-order valence-electron chi connectivity index (χ1n) is 9.40. The van der Waals surface area contributed by atoms with E-state index in [1.807, 2.05) is 0 Å². The number of nitrogens with one attached hydrogen (secondary N) is 2. The highest BCUT2D eigenvalue weighted by molar-refractivity contribution is 6.34. The van der Waals surface area contributed by atoms with Crippen LogP contribution < -0.4 is 15.5 Å². The Morgan fingerprint density at radius 2 is 1.77 bits per heavy atom. The van der Waals surface area contributed by atoms with E-state index in [2.05, 4.69) is 15.6 Å². The Morgan fingerprint density at radius 1 is 1.10 bits per heavy atom. The fourth-order valence-corrected chi connectivity index (χ4v) is 3.82. The molecule has 3 rings (SSSR count). The number of pyridine rings is 1. The van der Waals surface area contributed by atoms with E-state index in [1.165, 1.54) is 6.92 Å². The molecule has 2 aromatic rings. The van der Waals surface area contributed by atoms with Gasteiger partial charge in [0, 0.05) is 37.8 Å². The number of piperidine rings is 1. The number of aromatic nitrogens is 1. The summed E-state index contributed by atoms with van der Waals surface area (Å²) in [6.45, 7) is 2.22. The molecule has 1 saturated heterocycles. The molecule has 11 heteroatoms. The van der Waals surface area contributed by atoms with Crippen LogP contribution >= 0.6 is 23.2 Å². The number of nitrogens with zero attached hydrogens (tertiary/aromatic N) is 2. The van der Waals surface area contributed by atoms with E-state index in [0.29, 0.717) is 37.3 Å². The number of hydrogen-bond donors (Lipinski definition) is 2. The van der Waals surface area contributed by atoms with Crippen LogP contribution in [0, 0.1) is 5.92 Å². The van der Waals surface area contributed by atoms with Gasteiger partial charge >= 0.3 is 6.18 Å². The molecule has 0 radical (unpaired) electrons. The van der Waals surface area contributed by atoms with Gasteiger partial charge in [-0.3, -0.25) is 9.59 Å². The summed E-state index contributed by atoms with van der Waals surface area (Å²) in [5.41, 5.74) is 0.0392. The SMILES string of the molecule is CC(=O)Nc1ccc(NC(=O)C2CCN(c3ncc(C(F)(F)F)cc3Cl)CC2)c(Cl)c1. The number of amides is 2. The summed E-state index contributed by atoms with van der Waals surface area (Å²) < 4.78 is 38.3. The summed E-state index contributed by atoms with van der Waals surface area (Å²) in [6.07, 6.45) is -2.80. The molecule has 0 spiro atoms. The van der Waals surface area contributed by atoms with Crippen molar-refractivity contribution >= 4 is 52.2 Å². The third-order valence-corrected chi connectivity index (χ3v) is 5.45. The van der Waals surface area contributed by atoms with Gasteiger partial charge in [0.15, 0.2) is 0 Å². The molecule has 1 aliphatic rings. The Hall–Kier alpha value is -2.52. The lowest BCUT2D eigenvalue weighted by atomic mass is 9.95. The maximum absolute atomic E-state index is 12.8. The van der Waals surface area contributed by atoms with Crippen molar-refractivity contribution in [3.05, 3.63) is 46.1 Å². The van der Waals surface area contributed by atoms with Crippen LogP contribution in [0.1, 0.15) is 25.3 Å². The highest BCUT2D eigenvalue weighted by Gasteiger charge is 2.33. The second-order valence-electron chi connectivity index (χ2n) is 7.15. The normalized spacial score (nSPS) is 15.0. The number of hydrogen-bond acceptors (Lipinski definition) is 4. The summed E-state index contributed by atoms with van der Waals surface area (Å²) in [7, 11) is 0. The van der Waals surface area contributed by atoms with Gasteiger partial charge in [-0.2, -0.15) is 13.2 Å². The monoisotopic (exact) mass is 474 g/mol. The van der Waals surface area contributed by atoms with Crippen molar-refractivity contribution in [2.75, 3.05) is 28.6 Å². The number of alkyl halides is 3. The van der Waals surface area contributed by atoms with Crippen molar-refractivity contribution < 1.29 is 22.8 Å². The summed E-state index contributed by atoms with van der Waals surface area (Å²) in [6, 6.07) is 5.63. The third kappa shape index (κ3) is 5.80. The summed E-state index contributed by atoms with van der Waals surface area (Å²) in [4.78, 5) is 29.4. The van der Waals surface area contributed by atoms with Gasteiger partial charge in [-0.15, -0.1) is 0 Å². The average Bonchev–Trinajstić information content (AvgIpc) is 2.69. The molecular formula is C20H19Cl2F3N4O2. The number of benzene rings is 1. The van der Waals surface area contributed by atoms with E-state index in [9.17, 15) is 22.8 Å². The maximum Gasteiger partial charge on any atom is 0.417 e. The number of anilines is 3. The van der Waals surface area contributed by atoms with Crippen molar-refractivity contribution in [1.29, 1.82) is 0 Å². The largest absolute Gasteiger partial charge is 0.417 e. The Morgan fingerprint density at radius 3 is 2.32 bits per heavy atom.